The van der Waals surface area contributed by atoms with Gasteiger partial charge in [-0.05, 0) is 76.6 Å². The van der Waals surface area contributed by atoms with Gasteiger partial charge in [0.2, 0.25) is 0 Å². The molecule has 9 nitrogen and oxygen atoms in total. The molecular formula is C28H42N4O5. The van der Waals surface area contributed by atoms with Crippen molar-refractivity contribution in [2.45, 2.75) is 103 Å². The number of likely N-dealkylation sites (tertiary alicyclic amines) is 1. The van der Waals surface area contributed by atoms with E-state index >= 15 is 0 Å². The van der Waals surface area contributed by atoms with Gasteiger partial charge >= 0.3 is 6.09 Å². The molecule has 2 atom stereocenters. The summed E-state index contributed by atoms with van der Waals surface area (Å²) in [5.41, 5.74) is 2.56. The summed E-state index contributed by atoms with van der Waals surface area (Å²) in [5, 5.41) is 0. The fourth-order valence-corrected chi connectivity index (χ4v) is 5.27. The Kier molecular flexibility index (Phi) is 9.56. The lowest BCUT2D eigenvalue weighted by molar-refractivity contribution is -0.198. The van der Waals surface area contributed by atoms with Crippen molar-refractivity contribution in [1.29, 1.82) is 0 Å². The van der Waals surface area contributed by atoms with Gasteiger partial charge in [-0.1, -0.05) is 19.3 Å². The van der Waals surface area contributed by atoms with Crippen molar-refractivity contribution >= 4 is 23.9 Å². The third-order valence-electron chi connectivity index (χ3n) is 7.11. The molecule has 9 heteroatoms. The molecule has 0 aromatic carbocycles. The van der Waals surface area contributed by atoms with Crippen LogP contribution in [0.25, 0.3) is 6.08 Å². The molecule has 1 aliphatic carbocycles. The summed E-state index contributed by atoms with van der Waals surface area (Å²) in [5.74, 6) is 0.187. The molecule has 4 rings (SSSR count). The van der Waals surface area contributed by atoms with Gasteiger partial charge < -0.3 is 9.47 Å². The number of hydroxylamine groups is 1. The molecule has 0 radical (unpaired) electrons. The van der Waals surface area contributed by atoms with Gasteiger partial charge in [-0.3, -0.25) is 14.6 Å². The fraction of sp³-hybridized carbons (Fsp3) is 0.679. The van der Waals surface area contributed by atoms with Crippen LogP contribution in [-0.2, 0) is 19.1 Å². The third kappa shape index (κ3) is 8.25. The minimum atomic E-state index is -0.599. The Bertz CT molecular complexity index is 917. The average molecular weight is 515 g/mol. The second-order valence-electron chi connectivity index (χ2n) is 11.2. The first kappa shape index (κ1) is 27.5. The zero-order valence-electron chi connectivity index (χ0n) is 22.5. The van der Waals surface area contributed by atoms with Crippen LogP contribution in [0.4, 0.5) is 10.6 Å². The molecule has 1 N–H and O–H groups in total. The van der Waals surface area contributed by atoms with Crippen LogP contribution in [0.1, 0.15) is 84.1 Å². The normalized spacial score (nSPS) is 23.8. The number of pyridine rings is 1. The number of anilines is 1. The van der Waals surface area contributed by atoms with Gasteiger partial charge in [0.05, 0.1) is 6.04 Å². The predicted molar refractivity (Wildman–Crippen MR) is 142 cm³/mol. The number of amides is 2. The Morgan fingerprint density at radius 3 is 2.57 bits per heavy atom. The van der Waals surface area contributed by atoms with Crippen LogP contribution in [0.15, 0.2) is 24.4 Å². The second-order valence-corrected chi connectivity index (χ2v) is 11.2. The number of aromatic nitrogens is 1. The third-order valence-corrected chi connectivity index (χ3v) is 7.11. The highest BCUT2D eigenvalue weighted by molar-refractivity contribution is 5.91. The number of nitrogens with zero attached hydrogens (tertiary/aromatic N) is 3. The van der Waals surface area contributed by atoms with E-state index in [0.717, 1.165) is 44.3 Å². The zero-order chi connectivity index (χ0) is 26.3. The number of rotatable bonds is 7. The molecule has 3 heterocycles. The minimum Gasteiger partial charge on any atom is -0.443 e. The van der Waals surface area contributed by atoms with Crippen molar-refractivity contribution < 1.29 is 23.9 Å². The van der Waals surface area contributed by atoms with Gasteiger partial charge in [-0.2, -0.15) is 0 Å². The van der Waals surface area contributed by atoms with E-state index in [0.29, 0.717) is 18.5 Å². The molecule has 204 valence electrons. The molecule has 2 aliphatic heterocycles. The molecule has 2 saturated heterocycles. The smallest absolute Gasteiger partial charge is 0.416 e. The summed E-state index contributed by atoms with van der Waals surface area (Å²) in [7, 11) is 0. The molecule has 37 heavy (non-hydrogen) atoms. The van der Waals surface area contributed by atoms with E-state index in [1.165, 1.54) is 38.2 Å². The largest absolute Gasteiger partial charge is 0.443 e. The lowest BCUT2D eigenvalue weighted by Gasteiger charge is -2.33. The Morgan fingerprint density at radius 2 is 1.89 bits per heavy atom. The van der Waals surface area contributed by atoms with Gasteiger partial charge in [0.25, 0.3) is 5.91 Å². The van der Waals surface area contributed by atoms with Crippen LogP contribution in [0.5, 0.6) is 0 Å². The maximum atomic E-state index is 13.3. The summed E-state index contributed by atoms with van der Waals surface area (Å²) in [6, 6.07) is 4.29. The summed E-state index contributed by atoms with van der Waals surface area (Å²) in [4.78, 5) is 39.5. The summed E-state index contributed by atoms with van der Waals surface area (Å²) < 4.78 is 11.2. The Hall–Kier alpha value is -2.49. The molecule has 0 spiro atoms. The van der Waals surface area contributed by atoms with E-state index in [1.807, 2.05) is 32.9 Å². The van der Waals surface area contributed by atoms with E-state index in [-0.39, 0.29) is 18.0 Å². The predicted octanol–water partition coefficient (Wildman–Crippen LogP) is 4.82. The topological polar surface area (TPSA) is 93.2 Å². The van der Waals surface area contributed by atoms with E-state index in [9.17, 15) is 9.59 Å². The first-order chi connectivity index (χ1) is 17.8. The highest BCUT2D eigenvalue weighted by Gasteiger charge is 2.37. The van der Waals surface area contributed by atoms with Gasteiger partial charge in [-0.25, -0.2) is 20.1 Å². The Labute approximate surface area is 220 Å². The molecule has 3 aliphatic rings. The zero-order valence-corrected chi connectivity index (χ0v) is 22.5. The van der Waals surface area contributed by atoms with Gasteiger partial charge in [0.15, 0.2) is 6.29 Å². The van der Waals surface area contributed by atoms with Crippen LogP contribution in [-0.4, -0.2) is 65.6 Å². The molecule has 1 aromatic heterocycles. The number of carbonyl (C=O) groups excluding carboxylic acids is 2. The highest BCUT2D eigenvalue weighted by Crippen LogP contribution is 2.30. The first-order valence-electron chi connectivity index (χ1n) is 13.8. The summed E-state index contributed by atoms with van der Waals surface area (Å²) in [6.45, 7) is 8.10. The van der Waals surface area contributed by atoms with Crippen molar-refractivity contribution in [3.63, 3.8) is 0 Å². The van der Waals surface area contributed by atoms with Crippen molar-refractivity contribution in [2.75, 3.05) is 24.6 Å². The fourth-order valence-electron chi connectivity index (χ4n) is 5.27. The quantitative estimate of drug-likeness (QED) is 0.412. The van der Waals surface area contributed by atoms with Crippen molar-refractivity contribution in [2.24, 2.45) is 0 Å². The monoisotopic (exact) mass is 514 g/mol. The lowest BCUT2D eigenvalue weighted by atomic mass is 9.94. The summed E-state index contributed by atoms with van der Waals surface area (Å²) >= 11 is 0. The molecule has 1 aromatic rings. The molecule has 3 fully saturated rings. The Morgan fingerprint density at radius 1 is 1.11 bits per heavy atom. The lowest BCUT2D eigenvalue weighted by Crippen LogP contribution is -2.46. The van der Waals surface area contributed by atoms with E-state index in [4.69, 9.17) is 14.3 Å². The average Bonchev–Trinajstić information content (AvgIpc) is 3.37. The Balaban J connectivity index is 1.39. The van der Waals surface area contributed by atoms with Gasteiger partial charge in [-0.15, -0.1) is 0 Å². The van der Waals surface area contributed by atoms with Gasteiger partial charge in [0.1, 0.15) is 11.4 Å². The highest BCUT2D eigenvalue weighted by atomic mass is 16.8. The van der Waals surface area contributed by atoms with Crippen molar-refractivity contribution in [1.82, 2.24) is 15.4 Å². The van der Waals surface area contributed by atoms with Gasteiger partial charge in [0, 0.05) is 44.4 Å². The van der Waals surface area contributed by atoms with Crippen LogP contribution < -0.4 is 10.4 Å². The first-order valence-corrected chi connectivity index (χ1v) is 13.8. The van der Waals surface area contributed by atoms with Crippen LogP contribution >= 0.6 is 0 Å². The van der Waals surface area contributed by atoms with E-state index in [1.54, 1.807) is 17.2 Å². The standard InChI is InChI=1S/C28H42N4O5/c1-28(2,3)36-27(34)32(23-16-17-31(20-23)22-9-5-4-6-10-22)24-14-12-21(19-29-24)13-15-25(33)30-37-26-11-7-8-18-35-26/h12-15,19,22-23,26H,4-11,16-18,20H2,1-3H3,(H,30,33)/b15-13+/t23-,26?/m1/s1. The molecule has 1 unspecified atom stereocenters. The minimum absolute atomic E-state index is 0.00982. The second kappa shape index (κ2) is 12.8. The van der Waals surface area contributed by atoms with Crippen LogP contribution in [0.2, 0.25) is 0 Å². The number of hydrogen-bond acceptors (Lipinski definition) is 7. The molecule has 2 amide bonds. The summed E-state index contributed by atoms with van der Waals surface area (Å²) in [6.07, 6.45) is 14.0. The molecular weight excluding hydrogens is 472 g/mol. The molecule has 0 bridgehead atoms. The number of carbonyl (C=O) groups is 2. The number of ether oxygens (including phenoxy) is 2. The number of nitrogens with one attached hydrogen (secondary N) is 1. The van der Waals surface area contributed by atoms with Crippen LogP contribution in [0, 0.1) is 0 Å². The SMILES string of the molecule is CC(C)(C)OC(=O)N(c1ccc(/C=C/C(=O)NOC2CCCCO2)cn1)[C@@H]1CCN(C2CCCCC2)C1. The van der Waals surface area contributed by atoms with Crippen molar-refractivity contribution in [3.8, 4) is 0 Å². The maximum absolute atomic E-state index is 13.3. The van der Waals surface area contributed by atoms with Crippen molar-refractivity contribution in [3.05, 3.63) is 30.0 Å². The number of hydrogen-bond donors (Lipinski definition) is 1. The van der Waals surface area contributed by atoms with Crippen LogP contribution in [0.3, 0.4) is 0 Å². The van der Waals surface area contributed by atoms with E-state index in [2.05, 4.69) is 15.4 Å². The van der Waals surface area contributed by atoms with E-state index < -0.39 is 11.9 Å². The maximum Gasteiger partial charge on any atom is 0.416 e. The molecule has 1 saturated carbocycles.